The highest BCUT2D eigenvalue weighted by atomic mass is 16.6. The third-order valence-corrected chi connectivity index (χ3v) is 4.88. The zero-order valence-corrected chi connectivity index (χ0v) is 16.8. The van der Waals surface area contributed by atoms with Crippen LogP contribution in [0.4, 0.5) is 22.7 Å². The molecule has 0 bridgehead atoms. The summed E-state index contributed by atoms with van der Waals surface area (Å²) < 4.78 is 0.871. The van der Waals surface area contributed by atoms with Gasteiger partial charge in [0.15, 0.2) is 0 Å². The SMILES string of the molecule is CCC[N+](C)(CCNc1ccc([N+](=O)[O-])cc1)CCNc1ccc([N+](=O)[O-])cc1. The monoisotopic (exact) mass is 402 g/mol. The molecule has 0 aliphatic carbocycles. The lowest BCUT2D eigenvalue weighted by molar-refractivity contribution is -0.906. The van der Waals surface area contributed by atoms with Crippen LogP contribution in [0.15, 0.2) is 48.5 Å². The Hall–Kier alpha value is -3.20. The van der Waals surface area contributed by atoms with Gasteiger partial charge in [-0.1, -0.05) is 6.92 Å². The van der Waals surface area contributed by atoms with Crippen LogP contribution in [0.2, 0.25) is 0 Å². The topological polar surface area (TPSA) is 110 Å². The third kappa shape index (κ3) is 7.04. The molecule has 0 aliphatic rings. The van der Waals surface area contributed by atoms with E-state index in [-0.39, 0.29) is 11.4 Å². The highest BCUT2D eigenvalue weighted by molar-refractivity contribution is 5.49. The predicted octanol–water partition coefficient (Wildman–Crippen LogP) is 3.88. The first-order valence-electron chi connectivity index (χ1n) is 9.63. The highest BCUT2D eigenvalue weighted by Crippen LogP contribution is 2.17. The van der Waals surface area contributed by atoms with Crippen molar-refractivity contribution in [1.29, 1.82) is 0 Å². The van der Waals surface area contributed by atoms with Crippen LogP contribution in [-0.4, -0.2) is 54.1 Å². The largest absolute Gasteiger partial charge is 0.379 e. The van der Waals surface area contributed by atoms with Crippen molar-refractivity contribution >= 4 is 22.7 Å². The Morgan fingerprint density at radius 1 is 0.759 bits per heavy atom. The third-order valence-electron chi connectivity index (χ3n) is 4.88. The van der Waals surface area contributed by atoms with E-state index in [4.69, 9.17) is 0 Å². The molecule has 29 heavy (non-hydrogen) atoms. The summed E-state index contributed by atoms with van der Waals surface area (Å²) in [5, 5.41) is 28.1. The van der Waals surface area contributed by atoms with Gasteiger partial charge in [0.05, 0.1) is 49.6 Å². The van der Waals surface area contributed by atoms with E-state index in [1.165, 1.54) is 24.3 Å². The van der Waals surface area contributed by atoms with Crippen LogP contribution in [0.5, 0.6) is 0 Å². The van der Waals surface area contributed by atoms with Gasteiger partial charge >= 0.3 is 0 Å². The number of nitro groups is 2. The van der Waals surface area contributed by atoms with Gasteiger partial charge in [-0.05, 0) is 30.7 Å². The first-order valence-corrected chi connectivity index (χ1v) is 9.63. The van der Waals surface area contributed by atoms with Gasteiger partial charge in [-0.3, -0.25) is 20.2 Å². The molecule has 2 rings (SSSR count). The van der Waals surface area contributed by atoms with E-state index >= 15 is 0 Å². The smallest absolute Gasteiger partial charge is 0.269 e. The summed E-state index contributed by atoms with van der Waals surface area (Å²) >= 11 is 0. The van der Waals surface area contributed by atoms with Crippen molar-refractivity contribution in [1.82, 2.24) is 0 Å². The van der Waals surface area contributed by atoms with E-state index in [1.54, 1.807) is 24.3 Å². The first kappa shape index (κ1) is 22.1. The first-order chi connectivity index (χ1) is 13.8. The van der Waals surface area contributed by atoms with Gasteiger partial charge in [0.25, 0.3) is 11.4 Å². The summed E-state index contributed by atoms with van der Waals surface area (Å²) in [6.45, 7) is 6.52. The van der Waals surface area contributed by atoms with Crippen molar-refractivity contribution in [3.63, 3.8) is 0 Å². The lowest BCUT2D eigenvalue weighted by Gasteiger charge is -2.34. The summed E-state index contributed by atoms with van der Waals surface area (Å²) in [4.78, 5) is 20.6. The van der Waals surface area contributed by atoms with E-state index in [0.29, 0.717) is 0 Å². The number of nitro benzene ring substituents is 2. The van der Waals surface area contributed by atoms with Gasteiger partial charge in [0.1, 0.15) is 0 Å². The number of nitrogens with one attached hydrogen (secondary N) is 2. The maximum absolute atomic E-state index is 10.7. The molecular weight excluding hydrogens is 374 g/mol. The molecule has 0 amide bonds. The zero-order chi connectivity index (χ0) is 21.3. The number of nitrogens with zero attached hydrogens (tertiary/aromatic N) is 3. The van der Waals surface area contributed by atoms with E-state index in [0.717, 1.165) is 55.0 Å². The Bertz CT molecular complexity index is 745. The summed E-state index contributed by atoms with van der Waals surface area (Å²) in [6, 6.07) is 12.9. The molecule has 0 radical (unpaired) electrons. The Kier molecular flexibility index (Phi) is 7.90. The number of anilines is 2. The van der Waals surface area contributed by atoms with E-state index < -0.39 is 9.85 Å². The molecule has 0 spiro atoms. The van der Waals surface area contributed by atoms with Crippen molar-refractivity contribution < 1.29 is 14.3 Å². The summed E-state index contributed by atoms with van der Waals surface area (Å²) in [7, 11) is 2.21. The van der Waals surface area contributed by atoms with Crippen molar-refractivity contribution in [2.75, 3.05) is 50.4 Å². The molecule has 0 aromatic heterocycles. The number of quaternary nitrogens is 1. The molecule has 0 heterocycles. The second-order valence-electron chi connectivity index (χ2n) is 7.25. The Labute approximate surface area is 170 Å². The fourth-order valence-electron chi connectivity index (χ4n) is 3.22. The Morgan fingerprint density at radius 2 is 1.14 bits per heavy atom. The molecule has 0 unspecified atom stereocenters. The number of non-ortho nitro benzene ring substituents is 2. The van der Waals surface area contributed by atoms with Crippen LogP contribution in [0.1, 0.15) is 13.3 Å². The lowest BCUT2D eigenvalue weighted by Crippen LogP contribution is -2.50. The molecule has 0 aliphatic heterocycles. The zero-order valence-electron chi connectivity index (χ0n) is 16.8. The average Bonchev–Trinajstić information content (AvgIpc) is 2.69. The standard InChI is InChI=1S/C20H28N5O4/c1-3-14-25(2,15-12-21-17-4-8-19(9-5-17)23(26)27)16-13-22-18-6-10-20(11-7-18)24(28)29/h4-11,21-22H,3,12-16H2,1-2H3/q+1. The van der Waals surface area contributed by atoms with Gasteiger partial charge in [-0.2, -0.15) is 0 Å². The molecule has 9 nitrogen and oxygen atoms in total. The number of likely N-dealkylation sites (N-methyl/N-ethyl adjacent to an activating group) is 1. The van der Waals surface area contributed by atoms with Gasteiger partial charge < -0.3 is 15.1 Å². The predicted molar refractivity (Wildman–Crippen MR) is 114 cm³/mol. The Morgan fingerprint density at radius 3 is 1.45 bits per heavy atom. The molecule has 156 valence electrons. The number of hydrogen-bond acceptors (Lipinski definition) is 6. The van der Waals surface area contributed by atoms with E-state index in [2.05, 4.69) is 24.6 Å². The molecule has 2 aromatic rings. The van der Waals surface area contributed by atoms with E-state index in [9.17, 15) is 20.2 Å². The normalized spacial score (nSPS) is 11.1. The van der Waals surface area contributed by atoms with Crippen LogP contribution in [0.3, 0.4) is 0 Å². The molecular formula is C20H28N5O4+. The second kappa shape index (κ2) is 10.4. The summed E-state index contributed by atoms with van der Waals surface area (Å²) in [6.07, 6.45) is 1.06. The summed E-state index contributed by atoms with van der Waals surface area (Å²) in [5.41, 5.74) is 1.89. The molecule has 0 saturated heterocycles. The molecule has 2 aromatic carbocycles. The molecule has 0 atom stereocenters. The fourth-order valence-corrected chi connectivity index (χ4v) is 3.22. The minimum absolute atomic E-state index is 0.0828. The number of benzene rings is 2. The minimum atomic E-state index is -0.406. The fraction of sp³-hybridized carbons (Fsp3) is 0.400. The van der Waals surface area contributed by atoms with Crippen molar-refractivity contribution in [2.45, 2.75) is 13.3 Å². The number of hydrogen-bond donors (Lipinski definition) is 2. The molecule has 9 heteroatoms. The van der Waals surface area contributed by atoms with Crippen LogP contribution in [0, 0.1) is 20.2 Å². The molecule has 2 N–H and O–H groups in total. The van der Waals surface area contributed by atoms with Crippen LogP contribution in [0.25, 0.3) is 0 Å². The molecule has 0 saturated carbocycles. The van der Waals surface area contributed by atoms with E-state index in [1.807, 2.05) is 0 Å². The highest BCUT2D eigenvalue weighted by Gasteiger charge is 2.19. The molecule has 0 fully saturated rings. The van der Waals surface area contributed by atoms with Crippen molar-refractivity contribution in [2.24, 2.45) is 0 Å². The average molecular weight is 402 g/mol. The van der Waals surface area contributed by atoms with Gasteiger partial charge in [-0.15, -0.1) is 0 Å². The maximum Gasteiger partial charge on any atom is 0.269 e. The quantitative estimate of drug-likeness (QED) is 0.317. The minimum Gasteiger partial charge on any atom is -0.379 e. The van der Waals surface area contributed by atoms with Crippen molar-refractivity contribution in [3.8, 4) is 0 Å². The second-order valence-corrected chi connectivity index (χ2v) is 7.25. The number of rotatable bonds is 12. The summed E-state index contributed by atoms with van der Waals surface area (Å²) in [5.74, 6) is 0. The van der Waals surface area contributed by atoms with Gasteiger partial charge in [-0.25, -0.2) is 0 Å². The van der Waals surface area contributed by atoms with Gasteiger partial charge in [0, 0.05) is 35.6 Å². The van der Waals surface area contributed by atoms with Gasteiger partial charge in [0.2, 0.25) is 0 Å². The lowest BCUT2D eigenvalue weighted by atomic mass is 10.2. The Balaban J connectivity index is 1.82. The van der Waals surface area contributed by atoms with Crippen LogP contribution < -0.4 is 10.6 Å². The van der Waals surface area contributed by atoms with Crippen LogP contribution in [-0.2, 0) is 0 Å². The van der Waals surface area contributed by atoms with Crippen molar-refractivity contribution in [3.05, 3.63) is 68.8 Å². The van der Waals surface area contributed by atoms with Crippen LogP contribution >= 0.6 is 0 Å². The maximum atomic E-state index is 10.7.